The van der Waals surface area contributed by atoms with Crippen molar-refractivity contribution in [2.24, 2.45) is 0 Å². The highest BCUT2D eigenvalue weighted by Gasteiger charge is 2.08. The Balaban J connectivity index is 2.67. The van der Waals surface area contributed by atoms with Gasteiger partial charge in [0.15, 0.2) is 11.5 Å². The van der Waals surface area contributed by atoms with Gasteiger partial charge in [0.25, 0.3) is 0 Å². The van der Waals surface area contributed by atoms with Crippen LogP contribution in [0, 0.1) is 23.7 Å². The fraction of sp³-hybridized carbons (Fsp3) is 0.375. The van der Waals surface area contributed by atoms with E-state index >= 15 is 0 Å². The Morgan fingerprint density at radius 2 is 2.19 bits per heavy atom. The first kappa shape index (κ1) is 16.4. The molecule has 0 aliphatic carbocycles. The second kappa shape index (κ2) is 9.28. The molecule has 0 aliphatic heterocycles. The number of nitrogens with zero attached hydrogens (tertiary/aromatic N) is 1. The van der Waals surface area contributed by atoms with Gasteiger partial charge in [0, 0.05) is 6.42 Å². The normalized spacial score (nSPS) is 9.29. The number of hydrogen-bond donors (Lipinski definition) is 1. The molecule has 0 atom stereocenters. The predicted molar refractivity (Wildman–Crippen MR) is 78.9 cm³/mol. The van der Waals surface area contributed by atoms with Crippen LogP contribution < -0.4 is 14.8 Å². The fourth-order valence-electron chi connectivity index (χ4n) is 1.70. The molecule has 1 aromatic carbocycles. The molecule has 0 heterocycles. The van der Waals surface area contributed by atoms with Crippen LogP contribution in [0.4, 0.5) is 0 Å². The molecular formula is C16H18N2O3. The number of hydrogen-bond acceptors (Lipinski definition) is 4. The third-order valence-corrected chi connectivity index (χ3v) is 2.62. The van der Waals surface area contributed by atoms with E-state index in [1.165, 1.54) is 0 Å². The Morgan fingerprint density at radius 3 is 2.86 bits per heavy atom. The van der Waals surface area contributed by atoms with Crippen molar-refractivity contribution in [2.45, 2.75) is 19.8 Å². The highest BCUT2D eigenvalue weighted by molar-refractivity contribution is 5.76. The van der Waals surface area contributed by atoms with Crippen LogP contribution in [-0.2, 0) is 11.2 Å². The topological polar surface area (TPSA) is 71.3 Å². The maximum Gasteiger partial charge on any atom is 0.221 e. The molecule has 5 heteroatoms. The second-order valence-electron chi connectivity index (χ2n) is 4.14. The Kier molecular flexibility index (Phi) is 7.24. The number of rotatable bonds is 8. The van der Waals surface area contributed by atoms with Crippen molar-refractivity contribution in [2.75, 3.05) is 19.8 Å². The molecule has 1 aromatic rings. The minimum absolute atomic E-state index is 0.0297. The molecule has 1 amide bonds. The molecule has 0 aromatic heterocycles. The first-order valence-electron chi connectivity index (χ1n) is 6.66. The summed E-state index contributed by atoms with van der Waals surface area (Å²) >= 11 is 0. The number of aryl methyl sites for hydroxylation is 1. The minimum Gasteiger partial charge on any atom is -0.490 e. The fourth-order valence-corrected chi connectivity index (χ4v) is 1.70. The largest absolute Gasteiger partial charge is 0.490 e. The quantitative estimate of drug-likeness (QED) is 0.583. The molecule has 5 nitrogen and oxygen atoms in total. The third-order valence-electron chi connectivity index (χ3n) is 2.62. The van der Waals surface area contributed by atoms with Crippen LogP contribution in [0.5, 0.6) is 11.5 Å². The summed E-state index contributed by atoms with van der Waals surface area (Å²) in [6.45, 7) is 2.60. The van der Waals surface area contributed by atoms with Gasteiger partial charge >= 0.3 is 0 Å². The first-order valence-corrected chi connectivity index (χ1v) is 6.66. The van der Waals surface area contributed by atoms with E-state index in [1.807, 2.05) is 25.1 Å². The summed E-state index contributed by atoms with van der Waals surface area (Å²) < 4.78 is 10.9. The minimum atomic E-state index is -0.151. The van der Waals surface area contributed by atoms with Crippen molar-refractivity contribution in [3.8, 4) is 29.9 Å². The number of ether oxygens (including phenoxy) is 2. The molecule has 1 rings (SSSR count). The predicted octanol–water partition coefficient (Wildman–Crippen LogP) is 1.67. The Bertz CT molecular complexity index is 556. The van der Waals surface area contributed by atoms with Crippen molar-refractivity contribution in [3.63, 3.8) is 0 Å². The standard InChI is InChI=1S/C16H18N2O3/c1-3-11-21-14-7-5-13(12-15(14)20-4-2)6-8-16(19)18-10-9-17/h1,5,7,12H,4,6,8,10-11H2,2H3,(H,18,19). The zero-order valence-electron chi connectivity index (χ0n) is 12.0. The molecule has 0 bridgehead atoms. The SMILES string of the molecule is C#CCOc1ccc(CCC(=O)NCC#N)cc1OCC. The van der Waals surface area contributed by atoms with Crippen LogP contribution in [0.2, 0.25) is 0 Å². The van der Waals surface area contributed by atoms with Gasteiger partial charge in [-0.05, 0) is 31.0 Å². The van der Waals surface area contributed by atoms with E-state index in [2.05, 4.69) is 11.2 Å². The second-order valence-corrected chi connectivity index (χ2v) is 4.14. The van der Waals surface area contributed by atoms with Crippen molar-refractivity contribution in [1.82, 2.24) is 5.32 Å². The zero-order chi connectivity index (χ0) is 15.5. The third kappa shape index (κ3) is 5.88. The number of carbonyl (C=O) groups excluding carboxylic acids is 1. The Labute approximate surface area is 124 Å². The summed E-state index contributed by atoms with van der Waals surface area (Å²) in [5.74, 6) is 3.46. The van der Waals surface area contributed by atoms with Crippen molar-refractivity contribution >= 4 is 5.91 Å². The average molecular weight is 286 g/mol. The van der Waals surface area contributed by atoms with Crippen LogP contribution in [0.15, 0.2) is 18.2 Å². The molecule has 21 heavy (non-hydrogen) atoms. The highest BCUT2D eigenvalue weighted by atomic mass is 16.5. The van der Waals surface area contributed by atoms with Crippen LogP contribution in [0.25, 0.3) is 0 Å². The van der Waals surface area contributed by atoms with Gasteiger partial charge < -0.3 is 14.8 Å². The number of carbonyl (C=O) groups is 1. The van der Waals surface area contributed by atoms with E-state index in [9.17, 15) is 4.79 Å². The van der Waals surface area contributed by atoms with Crippen molar-refractivity contribution in [3.05, 3.63) is 23.8 Å². The van der Waals surface area contributed by atoms with Gasteiger partial charge in [0.1, 0.15) is 13.2 Å². The molecule has 1 N–H and O–H groups in total. The smallest absolute Gasteiger partial charge is 0.221 e. The van der Waals surface area contributed by atoms with Gasteiger partial charge in [0.05, 0.1) is 12.7 Å². The molecule has 0 aliphatic rings. The zero-order valence-corrected chi connectivity index (χ0v) is 12.0. The number of amides is 1. The van der Waals surface area contributed by atoms with Crippen molar-refractivity contribution in [1.29, 1.82) is 5.26 Å². The maximum absolute atomic E-state index is 11.5. The van der Waals surface area contributed by atoms with Crippen molar-refractivity contribution < 1.29 is 14.3 Å². The van der Waals surface area contributed by atoms with Crippen LogP contribution >= 0.6 is 0 Å². The highest BCUT2D eigenvalue weighted by Crippen LogP contribution is 2.28. The molecule has 110 valence electrons. The summed E-state index contributed by atoms with van der Waals surface area (Å²) in [7, 11) is 0. The summed E-state index contributed by atoms with van der Waals surface area (Å²) in [5.41, 5.74) is 0.957. The summed E-state index contributed by atoms with van der Waals surface area (Å²) in [6.07, 6.45) is 6.05. The number of terminal acetylenes is 1. The Hall–Kier alpha value is -2.66. The molecule has 0 unspecified atom stereocenters. The van der Waals surface area contributed by atoms with E-state index in [-0.39, 0.29) is 19.1 Å². The molecule has 0 spiro atoms. The van der Waals surface area contributed by atoms with E-state index in [0.29, 0.717) is 30.9 Å². The number of benzene rings is 1. The molecule has 0 fully saturated rings. The van der Waals surface area contributed by atoms with Gasteiger partial charge in [-0.2, -0.15) is 5.26 Å². The van der Waals surface area contributed by atoms with Crippen LogP contribution in [-0.4, -0.2) is 25.7 Å². The number of nitriles is 1. The van der Waals surface area contributed by atoms with Gasteiger partial charge in [-0.15, -0.1) is 6.42 Å². The summed E-state index contributed by atoms with van der Waals surface area (Å²) in [4.78, 5) is 11.5. The molecular weight excluding hydrogens is 268 g/mol. The first-order chi connectivity index (χ1) is 10.2. The van der Waals surface area contributed by atoms with E-state index < -0.39 is 0 Å². The maximum atomic E-state index is 11.5. The lowest BCUT2D eigenvalue weighted by molar-refractivity contribution is -0.120. The van der Waals surface area contributed by atoms with Gasteiger partial charge in [-0.25, -0.2) is 0 Å². The lowest BCUT2D eigenvalue weighted by Gasteiger charge is -2.12. The average Bonchev–Trinajstić information content (AvgIpc) is 2.50. The summed E-state index contributed by atoms with van der Waals surface area (Å²) in [6, 6.07) is 7.35. The van der Waals surface area contributed by atoms with Gasteiger partial charge in [-0.3, -0.25) is 4.79 Å². The van der Waals surface area contributed by atoms with Crippen LogP contribution in [0.1, 0.15) is 18.9 Å². The summed E-state index contributed by atoms with van der Waals surface area (Å²) in [5, 5.41) is 10.9. The van der Waals surface area contributed by atoms with Gasteiger partial charge in [0.2, 0.25) is 5.91 Å². The molecule has 0 saturated carbocycles. The van der Waals surface area contributed by atoms with Gasteiger partial charge in [-0.1, -0.05) is 12.0 Å². The molecule has 0 radical (unpaired) electrons. The lowest BCUT2D eigenvalue weighted by atomic mass is 10.1. The van der Waals surface area contributed by atoms with Crippen LogP contribution in [0.3, 0.4) is 0 Å². The number of nitrogens with one attached hydrogen (secondary N) is 1. The van der Waals surface area contributed by atoms with E-state index in [0.717, 1.165) is 5.56 Å². The van der Waals surface area contributed by atoms with E-state index in [4.69, 9.17) is 21.2 Å². The van der Waals surface area contributed by atoms with E-state index in [1.54, 1.807) is 6.07 Å². The Morgan fingerprint density at radius 1 is 1.38 bits per heavy atom. The monoisotopic (exact) mass is 286 g/mol. The molecule has 0 saturated heterocycles. The lowest BCUT2D eigenvalue weighted by Crippen LogP contribution is -2.23.